The van der Waals surface area contributed by atoms with Crippen molar-refractivity contribution in [2.24, 2.45) is 5.41 Å². The first-order valence-corrected chi connectivity index (χ1v) is 6.75. The fourth-order valence-electron chi connectivity index (χ4n) is 2.65. The Kier molecular flexibility index (Phi) is 3.71. The number of allylic oxidation sites excluding steroid dienone is 2. The molecule has 0 amide bonds. The van der Waals surface area contributed by atoms with Crippen LogP contribution in [-0.4, -0.2) is 10.9 Å². The Labute approximate surface area is 120 Å². The maximum atomic E-state index is 12.2. The lowest BCUT2D eigenvalue weighted by molar-refractivity contribution is -0.118. The number of carbonyl (C=O) groups excluding carboxylic acids is 1. The van der Waals surface area contributed by atoms with E-state index in [4.69, 9.17) is 0 Å². The molecular weight excluding hydrogens is 250 g/mol. The number of phenolic OH excluding ortho intramolecular Hbond substituents is 1. The summed E-state index contributed by atoms with van der Waals surface area (Å²) in [6, 6.07) is 5.23. The zero-order chi connectivity index (χ0) is 14.9. The van der Waals surface area contributed by atoms with Crippen LogP contribution in [0.2, 0.25) is 0 Å². The second-order valence-corrected chi connectivity index (χ2v) is 6.30. The first-order chi connectivity index (χ1) is 9.27. The number of hydrogen-bond donors (Lipinski definition) is 2. The maximum absolute atomic E-state index is 12.2. The highest BCUT2D eigenvalue weighted by atomic mass is 16.3. The summed E-state index contributed by atoms with van der Waals surface area (Å²) in [5.41, 5.74) is 3.25. The number of Topliss-reactive ketones (excluding diaryl/α,β-unsaturated/α-hetero) is 1. The summed E-state index contributed by atoms with van der Waals surface area (Å²) in [7, 11) is 0. The Balaban J connectivity index is 2.19. The summed E-state index contributed by atoms with van der Waals surface area (Å²) in [6.07, 6.45) is 3.07. The van der Waals surface area contributed by atoms with Crippen LogP contribution in [0.4, 0.5) is 5.69 Å². The third kappa shape index (κ3) is 3.29. The Morgan fingerprint density at radius 3 is 2.60 bits per heavy atom. The summed E-state index contributed by atoms with van der Waals surface area (Å²) >= 11 is 0. The van der Waals surface area contributed by atoms with Crippen molar-refractivity contribution in [1.82, 2.24) is 0 Å². The van der Waals surface area contributed by atoms with Crippen molar-refractivity contribution < 1.29 is 9.90 Å². The smallest absolute Gasteiger partial charge is 0.165 e. The SMILES string of the molecule is C=C1CC(C)(C)CC(=O)/C1=C/Nc1cc(C)cc(O)c1. The number of rotatable bonds is 2. The molecule has 0 atom stereocenters. The minimum absolute atomic E-state index is 0.00684. The maximum Gasteiger partial charge on any atom is 0.165 e. The third-order valence-electron chi connectivity index (χ3n) is 3.46. The molecule has 3 nitrogen and oxygen atoms in total. The topological polar surface area (TPSA) is 49.3 Å². The van der Waals surface area contributed by atoms with Gasteiger partial charge in [0.05, 0.1) is 0 Å². The summed E-state index contributed by atoms with van der Waals surface area (Å²) in [6.45, 7) is 10.1. The molecule has 2 rings (SSSR count). The molecule has 2 N–H and O–H groups in total. The molecule has 0 saturated heterocycles. The average molecular weight is 271 g/mol. The molecule has 0 unspecified atom stereocenters. The van der Waals surface area contributed by atoms with Gasteiger partial charge in [-0.05, 0) is 42.0 Å². The highest BCUT2D eigenvalue weighted by molar-refractivity contribution is 6.01. The lowest BCUT2D eigenvalue weighted by Gasteiger charge is -2.31. The van der Waals surface area contributed by atoms with Gasteiger partial charge in [-0.1, -0.05) is 20.4 Å². The molecule has 0 heterocycles. The van der Waals surface area contributed by atoms with Gasteiger partial charge < -0.3 is 10.4 Å². The largest absolute Gasteiger partial charge is 0.508 e. The molecule has 0 bridgehead atoms. The van der Waals surface area contributed by atoms with Crippen LogP contribution < -0.4 is 5.32 Å². The second kappa shape index (κ2) is 5.16. The van der Waals surface area contributed by atoms with Crippen molar-refractivity contribution in [3.05, 3.63) is 47.7 Å². The van der Waals surface area contributed by atoms with Crippen molar-refractivity contribution in [1.29, 1.82) is 0 Å². The number of anilines is 1. The van der Waals surface area contributed by atoms with Gasteiger partial charge in [0.1, 0.15) is 5.75 Å². The van der Waals surface area contributed by atoms with Gasteiger partial charge in [0.2, 0.25) is 0 Å². The molecule has 20 heavy (non-hydrogen) atoms. The third-order valence-corrected chi connectivity index (χ3v) is 3.46. The van der Waals surface area contributed by atoms with Crippen LogP contribution in [0.1, 0.15) is 32.3 Å². The first-order valence-electron chi connectivity index (χ1n) is 6.75. The monoisotopic (exact) mass is 271 g/mol. The van der Waals surface area contributed by atoms with Crippen LogP contribution in [-0.2, 0) is 4.79 Å². The number of ketones is 1. The fraction of sp³-hybridized carbons (Fsp3) is 0.353. The summed E-state index contributed by atoms with van der Waals surface area (Å²) in [4.78, 5) is 12.2. The number of benzene rings is 1. The molecule has 1 fully saturated rings. The molecule has 1 aliphatic rings. The first kappa shape index (κ1) is 14.4. The molecule has 1 saturated carbocycles. The number of aryl methyl sites for hydroxylation is 1. The van der Waals surface area contributed by atoms with Crippen LogP contribution >= 0.6 is 0 Å². The number of nitrogens with one attached hydrogen (secondary N) is 1. The summed E-state index contributed by atoms with van der Waals surface area (Å²) < 4.78 is 0. The second-order valence-electron chi connectivity index (χ2n) is 6.30. The normalized spacial score (nSPS) is 20.2. The number of phenols is 1. The highest BCUT2D eigenvalue weighted by Crippen LogP contribution is 2.38. The van der Waals surface area contributed by atoms with Crippen molar-refractivity contribution in [3.63, 3.8) is 0 Å². The van der Waals surface area contributed by atoms with E-state index in [1.807, 2.05) is 13.0 Å². The highest BCUT2D eigenvalue weighted by Gasteiger charge is 2.31. The number of aromatic hydroxyl groups is 1. The Hall–Kier alpha value is -2.03. The van der Waals surface area contributed by atoms with E-state index in [0.29, 0.717) is 12.0 Å². The molecule has 0 aliphatic heterocycles. The van der Waals surface area contributed by atoms with E-state index in [1.165, 1.54) is 0 Å². The molecular formula is C17H21NO2. The van der Waals surface area contributed by atoms with Crippen molar-refractivity contribution in [2.75, 3.05) is 5.32 Å². The Morgan fingerprint density at radius 1 is 1.30 bits per heavy atom. The molecule has 0 radical (unpaired) electrons. The molecule has 1 aromatic rings. The van der Waals surface area contributed by atoms with E-state index in [2.05, 4.69) is 25.7 Å². The van der Waals surface area contributed by atoms with E-state index < -0.39 is 0 Å². The van der Waals surface area contributed by atoms with Crippen LogP contribution in [0, 0.1) is 12.3 Å². The van der Waals surface area contributed by atoms with E-state index in [-0.39, 0.29) is 16.9 Å². The van der Waals surface area contributed by atoms with Gasteiger partial charge in [0.25, 0.3) is 0 Å². The van der Waals surface area contributed by atoms with Crippen molar-refractivity contribution >= 4 is 11.5 Å². The average Bonchev–Trinajstić information content (AvgIpc) is 2.24. The summed E-state index contributed by atoms with van der Waals surface area (Å²) in [5, 5.41) is 12.6. The van der Waals surface area contributed by atoms with Gasteiger partial charge in [0.15, 0.2) is 5.78 Å². The standard InChI is InChI=1S/C17H21NO2/c1-11-5-13(7-14(19)6-11)18-10-15-12(2)8-17(3,4)9-16(15)20/h5-7,10,18-19H,2,8-9H2,1,3-4H3/b15-10+. The predicted octanol–water partition coefficient (Wildman–Crippen LogP) is 3.94. The van der Waals surface area contributed by atoms with Crippen LogP contribution in [0.3, 0.4) is 0 Å². The number of hydrogen-bond acceptors (Lipinski definition) is 3. The predicted molar refractivity (Wildman–Crippen MR) is 81.7 cm³/mol. The van der Waals surface area contributed by atoms with Gasteiger partial charge in [-0.2, -0.15) is 0 Å². The van der Waals surface area contributed by atoms with Crippen LogP contribution in [0.5, 0.6) is 5.75 Å². The lowest BCUT2D eigenvalue weighted by atomic mass is 9.73. The van der Waals surface area contributed by atoms with E-state index in [1.54, 1.807) is 18.3 Å². The Morgan fingerprint density at radius 2 is 2.00 bits per heavy atom. The lowest BCUT2D eigenvalue weighted by Crippen LogP contribution is -2.26. The van der Waals surface area contributed by atoms with Gasteiger partial charge in [-0.25, -0.2) is 0 Å². The molecule has 106 valence electrons. The molecule has 1 aliphatic carbocycles. The van der Waals surface area contributed by atoms with Crippen LogP contribution in [0.15, 0.2) is 42.1 Å². The van der Waals surface area contributed by atoms with Gasteiger partial charge in [0, 0.05) is 29.9 Å². The van der Waals surface area contributed by atoms with Crippen molar-refractivity contribution in [3.8, 4) is 5.75 Å². The van der Waals surface area contributed by atoms with E-state index >= 15 is 0 Å². The van der Waals surface area contributed by atoms with Crippen LogP contribution in [0.25, 0.3) is 0 Å². The molecule has 0 spiro atoms. The zero-order valence-electron chi connectivity index (χ0n) is 12.3. The molecule has 0 aromatic heterocycles. The van der Waals surface area contributed by atoms with Gasteiger partial charge in [-0.3, -0.25) is 4.79 Å². The van der Waals surface area contributed by atoms with E-state index in [9.17, 15) is 9.90 Å². The van der Waals surface area contributed by atoms with Gasteiger partial charge in [-0.15, -0.1) is 0 Å². The summed E-state index contributed by atoms with van der Waals surface area (Å²) in [5.74, 6) is 0.330. The molecule has 1 aromatic carbocycles. The Bertz CT molecular complexity index is 555. The molecule has 3 heteroatoms. The number of carbonyl (C=O) groups is 1. The minimum atomic E-state index is -0.00684. The van der Waals surface area contributed by atoms with E-state index in [0.717, 1.165) is 23.2 Å². The van der Waals surface area contributed by atoms with Gasteiger partial charge >= 0.3 is 0 Å². The quantitative estimate of drug-likeness (QED) is 0.801. The zero-order valence-corrected chi connectivity index (χ0v) is 12.3. The fourth-order valence-corrected chi connectivity index (χ4v) is 2.65. The minimum Gasteiger partial charge on any atom is -0.508 e. The van der Waals surface area contributed by atoms with Crippen molar-refractivity contribution in [2.45, 2.75) is 33.6 Å².